The predicted octanol–water partition coefficient (Wildman–Crippen LogP) is 2.50. The number of hydrazone groups is 1. The summed E-state index contributed by atoms with van der Waals surface area (Å²) in [6, 6.07) is 10.9. The fourth-order valence-corrected chi connectivity index (χ4v) is 2.76. The third kappa shape index (κ3) is 6.29. The largest absolute Gasteiger partial charge is 0.494 e. The highest BCUT2D eigenvalue weighted by molar-refractivity contribution is 5.82. The molecular weight excluding hydrogens is 384 g/mol. The maximum Gasteiger partial charge on any atom is 0.269 e. The van der Waals surface area contributed by atoms with Crippen LogP contribution in [0.15, 0.2) is 40.2 Å². The van der Waals surface area contributed by atoms with Crippen LogP contribution in [0.2, 0.25) is 0 Å². The van der Waals surface area contributed by atoms with Crippen molar-refractivity contribution in [2.24, 2.45) is 5.10 Å². The maximum atomic E-state index is 12.5. The van der Waals surface area contributed by atoms with Crippen molar-refractivity contribution in [2.45, 2.75) is 39.8 Å². The number of ether oxygens (including phenoxy) is 2. The van der Waals surface area contributed by atoms with Gasteiger partial charge in [0.1, 0.15) is 23.9 Å². The highest BCUT2D eigenvalue weighted by Crippen LogP contribution is 2.12. The van der Waals surface area contributed by atoms with E-state index in [4.69, 9.17) is 9.47 Å². The molecule has 1 aromatic heterocycles. The molecule has 0 fully saturated rings. The van der Waals surface area contributed by atoms with E-state index < -0.39 is 11.5 Å². The van der Waals surface area contributed by atoms with Gasteiger partial charge >= 0.3 is 0 Å². The summed E-state index contributed by atoms with van der Waals surface area (Å²) in [6.45, 7) is 4.39. The number of pyridine rings is 1. The SMILES string of the molecule is CCCCOc1ccc(/C=N/NC(=O)Cn2c(C)cc(COC)c(C#N)c2=O)cc1. The average molecular weight is 410 g/mol. The van der Waals surface area contributed by atoms with Crippen molar-refractivity contribution in [3.63, 3.8) is 0 Å². The molecule has 0 bridgehead atoms. The van der Waals surface area contributed by atoms with E-state index in [1.54, 1.807) is 13.0 Å². The van der Waals surface area contributed by atoms with Crippen LogP contribution in [0.3, 0.4) is 0 Å². The summed E-state index contributed by atoms with van der Waals surface area (Å²) < 4.78 is 11.9. The molecule has 8 heteroatoms. The van der Waals surface area contributed by atoms with Gasteiger partial charge in [-0.1, -0.05) is 13.3 Å². The number of amides is 1. The molecule has 0 saturated carbocycles. The molecule has 0 atom stereocenters. The third-order valence-electron chi connectivity index (χ3n) is 4.35. The number of carbonyl (C=O) groups excluding carboxylic acids is 1. The van der Waals surface area contributed by atoms with E-state index in [1.165, 1.54) is 17.9 Å². The van der Waals surface area contributed by atoms with Gasteiger partial charge in [0, 0.05) is 18.4 Å². The average Bonchev–Trinajstić information content (AvgIpc) is 2.73. The number of nitrogens with one attached hydrogen (secondary N) is 1. The van der Waals surface area contributed by atoms with Crippen LogP contribution in [0.5, 0.6) is 5.75 Å². The number of unbranched alkanes of at least 4 members (excludes halogenated alkanes) is 1. The van der Waals surface area contributed by atoms with E-state index in [1.807, 2.05) is 30.3 Å². The number of aromatic nitrogens is 1. The van der Waals surface area contributed by atoms with Gasteiger partial charge in [-0.05, 0) is 49.2 Å². The molecule has 2 aromatic rings. The number of methoxy groups -OCH3 is 1. The van der Waals surface area contributed by atoms with Crippen molar-refractivity contribution >= 4 is 12.1 Å². The van der Waals surface area contributed by atoms with Gasteiger partial charge in [-0.3, -0.25) is 9.59 Å². The third-order valence-corrected chi connectivity index (χ3v) is 4.35. The molecule has 0 spiro atoms. The van der Waals surface area contributed by atoms with Crippen molar-refractivity contribution in [3.8, 4) is 11.8 Å². The second-order valence-corrected chi connectivity index (χ2v) is 6.69. The Balaban J connectivity index is 1.99. The molecule has 30 heavy (non-hydrogen) atoms. The number of carbonyl (C=O) groups is 1. The minimum atomic E-state index is -0.526. The number of hydrogen-bond donors (Lipinski definition) is 1. The van der Waals surface area contributed by atoms with Gasteiger partial charge < -0.3 is 14.0 Å². The summed E-state index contributed by atoms with van der Waals surface area (Å²) in [5.74, 6) is 0.309. The zero-order valence-corrected chi connectivity index (χ0v) is 17.5. The van der Waals surface area contributed by atoms with Gasteiger partial charge in [0.15, 0.2) is 0 Å². The number of nitrogens with zero attached hydrogens (tertiary/aromatic N) is 3. The van der Waals surface area contributed by atoms with Crippen LogP contribution in [0, 0.1) is 18.3 Å². The van der Waals surface area contributed by atoms with Crippen LogP contribution >= 0.6 is 0 Å². The molecule has 2 rings (SSSR count). The zero-order chi connectivity index (χ0) is 21.9. The first-order valence-corrected chi connectivity index (χ1v) is 9.67. The molecule has 0 aliphatic heterocycles. The number of aryl methyl sites for hydroxylation is 1. The minimum absolute atomic E-state index is 0.0278. The van der Waals surface area contributed by atoms with Crippen molar-refractivity contribution in [1.82, 2.24) is 9.99 Å². The van der Waals surface area contributed by atoms with Crippen molar-refractivity contribution in [2.75, 3.05) is 13.7 Å². The highest BCUT2D eigenvalue weighted by atomic mass is 16.5. The van der Waals surface area contributed by atoms with E-state index in [0.717, 1.165) is 24.2 Å². The second kappa shape index (κ2) is 11.5. The van der Waals surface area contributed by atoms with E-state index in [9.17, 15) is 14.9 Å². The fraction of sp³-hybridized carbons (Fsp3) is 0.364. The Morgan fingerprint density at radius 1 is 1.33 bits per heavy atom. The Morgan fingerprint density at radius 3 is 2.70 bits per heavy atom. The van der Waals surface area contributed by atoms with Gasteiger partial charge in [-0.2, -0.15) is 10.4 Å². The first-order chi connectivity index (χ1) is 14.5. The lowest BCUT2D eigenvalue weighted by Crippen LogP contribution is -2.33. The fourth-order valence-electron chi connectivity index (χ4n) is 2.76. The van der Waals surface area contributed by atoms with Crippen molar-refractivity contribution in [3.05, 3.63) is 63.1 Å². The quantitative estimate of drug-likeness (QED) is 0.368. The minimum Gasteiger partial charge on any atom is -0.494 e. The smallest absolute Gasteiger partial charge is 0.269 e. The molecule has 0 aliphatic carbocycles. The number of rotatable bonds is 10. The zero-order valence-electron chi connectivity index (χ0n) is 17.5. The van der Waals surface area contributed by atoms with Crippen LogP contribution in [0.1, 0.15) is 42.1 Å². The molecule has 158 valence electrons. The van der Waals surface area contributed by atoms with Crippen LogP contribution in [0.25, 0.3) is 0 Å². The summed E-state index contributed by atoms with van der Waals surface area (Å²) in [4.78, 5) is 24.7. The number of benzene rings is 1. The normalized spacial score (nSPS) is 10.7. The Bertz CT molecular complexity index is 988. The molecule has 0 unspecified atom stereocenters. The van der Waals surface area contributed by atoms with Gasteiger partial charge in [0.05, 0.1) is 19.4 Å². The molecule has 1 heterocycles. The van der Waals surface area contributed by atoms with E-state index in [0.29, 0.717) is 17.9 Å². The highest BCUT2D eigenvalue weighted by Gasteiger charge is 2.14. The summed E-state index contributed by atoms with van der Waals surface area (Å²) in [7, 11) is 1.49. The van der Waals surface area contributed by atoms with E-state index in [2.05, 4.69) is 17.5 Å². The lowest BCUT2D eigenvalue weighted by Gasteiger charge is -2.12. The lowest BCUT2D eigenvalue weighted by atomic mass is 10.1. The van der Waals surface area contributed by atoms with Gasteiger partial charge in [-0.25, -0.2) is 5.43 Å². The Kier molecular flexibility index (Phi) is 8.78. The van der Waals surface area contributed by atoms with E-state index >= 15 is 0 Å². The van der Waals surface area contributed by atoms with E-state index in [-0.39, 0.29) is 18.7 Å². The number of hydrogen-bond acceptors (Lipinski definition) is 6. The molecule has 1 amide bonds. The Hall–Kier alpha value is -3.44. The molecule has 1 N–H and O–H groups in total. The molecule has 0 aliphatic rings. The second-order valence-electron chi connectivity index (χ2n) is 6.69. The summed E-state index contributed by atoms with van der Waals surface area (Å²) in [6.07, 6.45) is 3.58. The Labute approximate surface area is 175 Å². The topological polar surface area (TPSA) is 106 Å². The van der Waals surface area contributed by atoms with Gasteiger partial charge in [-0.15, -0.1) is 0 Å². The molecular formula is C22H26N4O4. The van der Waals surface area contributed by atoms with Crippen LogP contribution in [-0.2, 0) is 22.7 Å². The standard InChI is InChI=1S/C22H26N4O4/c1-4-5-10-30-19-8-6-17(7-9-19)13-24-25-21(27)14-26-16(2)11-18(15-29-3)20(12-23)22(26)28/h6-9,11,13H,4-5,10,14-15H2,1-3H3,(H,25,27)/b24-13+. The summed E-state index contributed by atoms with van der Waals surface area (Å²) in [5, 5.41) is 13.2. The molecule has 1 aromatic carbocycles. The Morgan fingerprint density at radius 2 is 2.07 bits per heavy atom. The molecule has 0 radical (unpaired) electrons. The molecule has 8 nitrogen and oxygen atoms in total. The summed E-state index contributed by atoms with van der Waals surface area (Å²) >= 11 is 0. The monoisotopic (exact) mass is 410 g/mol. The van der Waals surface area contributed by atoms with Crippen LogP contribution in [0.4, 0.5) is 0 Å². The van der Waals surface area contributed by atoms with Gasteiger partial charge in [0.25, 0.3) is 11.5 Å². The van der Waals surface area contributed by atoms with Crippen molar-refractivity contribution < 1.29 is 14.3 Å². The first kappa shape index (κ1) is 22.8. The van der Waals surface area contributed by atoms with Gasteiger partial charge in [0.2, 0.25) is 0 Å². The lowest BCUT2D eigenvalue weighted by molar-refractivity contribution is -0.121. The predicted molar refractivity (Wildman–Crippen MR) is 113 cm³/mol. The molecule has 0 saturated heterocycles. The maximum absolute atomic E-state index is 12.5. The summed E-state index contributed by atoms with van der Waals surface area (Å²) in [5.41, 5.74) is 3.70. The van der Waals surface area contributed by atoms with Crippen molar-refractivity contribution in [1.29, 1.82) is 5.26 Å². The van der Waals surface area contributed by atoms with Crippen LogP contribution < -0.4 is 15.7 Å². The van der Waals surface area contributed by atoms with Crippen LogP contribution in [-0.4, -0.2) is 30.4 Å². The number of nitriles is 1. The first-order valence-electron chi connectivity index (χ1n) is 9.67.